The molecule has 2 N–H and O–H groups in total. The van der Waals surface area contributed by atoms with Crippen LogP contribution in [0.4, 0.5) is 4.39 Å². The number of carbonyl (C=O) groups excluding carboxylic acids is 1. The van der Waals surface area contributed by atoms with Crippen molar-refractivity contribution in [3.05, 3.63) is 64.4 Å². The van der Waals surface area contributed by atoms with Crippen LogP contribution in [0.5, 0.6) is 5.75 Å². The average molecular weight is 435 g/mol. The Morgan fingerprint density at radius 2 is 2.10 bits per heavy atom. The molecule has 1 saturated heterocycles. The van der Waals surface area contributed by atoms with E-state index in [2.05, 4.69) is 5.32 Å². The molecule has 1 fully saturated rings. The minimum atomic E-state index is -0.958. The van der Waals surface area contributed by atoms with Crippen LogP contribution in [0.15, 0.2) is 42.5 Å². The van der Waals surface area contributed by atoms with Crippen molar-refractivity contribution in [2.45, 2.75) is 38.3 Å². The molecule has 2 aromatic carbocycles. The van der Waals surface area contributed by atoms with Crippen LogP contribution in [0.3, 0.4) is 0 Å². The molecular formula is C23H28ClFN2O3. The Hall–Kier alpha value is -2.15. The molecule has 1 amide bonds. The molecule has 5 nitrogen and oxygen atoms in total. The van der Waals surface area contributed by atoms with E-state index in [1.54, 1.807) is 18.2 Å². The Kier molecular flexibility index (Phi) is 7.69. The zero-order valence-corrected chi connectivity index (χ0v) is 17.9. The number of nitrogens with zero attached hydrogens (tertiary/aromatic N) is 1. The number of rotatable bonds is 7. The van der Waals surface area contributed by atoms with Crippen molar-refractivity contribution in [3.63, 3.8) is 0 Å². The van der Waals surface area contributed by atoms with E-state index in [1.165, 1.54) is 12.1 Å². The zero-order chi connectivity index (χ0) is 21.6. The predicted molar refractivity (Wildman–Crippen MR) is 115 cm³/mol. The lowest BCUT2D eigenvalue weighted by molar-refractivity contribution is -0.122. The smallest absolute Gasteiger partial charge is 0.234 e. The number of likely N-dealkylation sites (tertiary alicyclic amines) is 1. The van der Waals surface area contributed by atoms with E-state index in [0.29, 0.717) is 36.7 Å². The molecule has 162 valence electrons. The van der Waals surface area contributed by atoms with E-state index in [0.717, 1.165) is 24.1 Å². The first-order valence-corrected chi connectivity index (χ1v) is 10.6. The largest absolute Gasteiger partial charge is 0.489 e. The van der Waals surface area contributed by atoms with Gasteiger partial charge in [0.2, 0.25) is 5.91 Å². The molecule has 1 atom stereocenters. The van der Waals surface area contributed by atoms with Crippen molar-refractivity contribution in [2.75, 3.05) is 26.2 Å². The highest BCUT2D eigenvalue weighted by atomic mass is 35.5. The van der Waals surface area contributed by atoms with Crippen molar-refractivity contribution < 1.29 is 19.0 Å². The van der Waals surface area contributed by atoms with Crippen molar-refractivity contribution in [1.29, 1.82) is 0 Å². The fourth-order valence-electron chi connectivity index (χ4n) is 3.58. The van der Waals surface area contributed by atoms with Gasteiger partial charge in [-0.05, 0) is 68.1 Å². The van der Waals surface area contributed by atoms with Gasteiger partial charge >= 0.3 is 0 Å². The Morgan fingerprint density at radius 1 is 1.27 bits per heavy atom. The SMILES string of the molecule is Cc1ccc(Cl)c(OC[C@]2(O)CCCN(CC(=O)NCc3cccc(F)c3)CC2)c1. The van der Waals surface area contributed by atoms with Crippen LogP contribution in [0, 0.1) is 12.7 Å². The number of halogens is 2. The molecule has 1 aliphatic heterocycles. The maximum absolute atomic E-state index is 13.2. The van der Waals surface area contributed by atoms with Gasteiger partial charge in [-0.1, -0.05) is 29.8 Å². The first kappa shape index (κ1) is 22.5. The number of amides is 1. The molecular weight excluding hydrogens is 407 g/mol. The van der Waals surface area contributed by atoms with Crippen molar-refractivity contribution >= 4 is 17.5 Å². The second-order valence-corrected chi connectivity index (χ2v) is 8.39. The van der Waals surface area contributed by atoms with Gasteiger partial charge in [-0.3, -0.25) is 9.69 Å². The third kappa shape index (κ3) is 6.69. The number of hydrogen-bond acceptors (Lipinski definition) is 4. The third-order valence-electron chi connectivity index (χ3n) is 5.34. The summed E-state index contributed by atoms with van der Waals surface area (Å²) in [7, 11) is 0. The first-order valence-electron chi connectivity index (χ1n) is 10.2. The summed E-state index contributed by atoms with van der Waals surface area (Å²) in [6.07, 6.45) is 1.87. The van der Waals surface area contributed by atoms with E-state index in [-0.39, 0.29) is 24.9 Å². The molecule has 0 spiro atoms. The van der Waals surface area contributed by atoms with Crippen LogP contribution in [0.25, 0.3) is 0 Å². The van der Waals surface area contributed by atoms with Gasteiger partial charge in [-0.15, -0.1) is 0 Å². The average Bonchev–Trinajstić information content (AvgIpc) is 2.89. The third-order valence-corrected chi connectivity index (χ3v) is 5.65. The van der Waals surface area contributed by atoms with E-state index in [4.69, 9.17) is 16.3 Å². The highest BCUT2D eigenvalue weighted by Crippen LogP contribution is 2.28. The topological polar surface area (TPSA) is 61.8 Å². The Labute approximate surface area is 181 Å². The van der Waals surface area contributed by atoms with Crippen molar-refractivity contribution in [3.8, 4) is 5.75 Å². The molecule has 0 bridgehead atoms. The lowest BCUT2D eigenvalue weighted by Gasteiger charge is -2.27. The van der Waals surface area contributed by atoms with Crippen molar-refractivity contribution in [1.82, 2.24) is 10.2 Å². The standard InChI is InChI=1S/C23H28ClFN2O3/c1-17-6-7-20(24)21(12-17)30-16-23(29)8-3-10-27(11-9-23)15-22(28)26-14-18-4-2-5-19(25)13-18/h2,4-7,12-13,29H,3,8-11,14-16H2,1H3,(H,26,28)/t23-/m0/s1. The molecule has 0 radical (unpaired) electrons. The van der Waals surface area contributed by atoms with E-state index >= 15 is 0 Å². The molecule has 0 unspecified atom stereocenters. The summed E-state index contributed by atoms with van der Waals surface area (Å²) >= 11 is 6.17. The molecule has 30 heavy (non-hydrogen) atoms. The molecule has 3 rings (SSSR count). The normalized spacial score (nSPS) is 19.9. The van der Waals surface area contributed by atoms with Gasteiger partial charge in [0.25, 0.3) is 0 Å². The summed E-state index contributed by atoms with van der Waals surface area (Å²) in [5, 5.41) is 14.3. The van der Waals surface area contributed by atoms with Gasteiger partial charge in [0.1, 0.15) is 18.2 Å². The lowest BCUT2D eigenvalue weighted by Crippen LogP contribution is -2.40. The monoisotopic (exact) mass is 434 g/mol. The zero-order valence-electron chi connectivity index (χ0n) is 17.2. The van der Waals surface area contributed by atoms with Gasteiger partial charge in [0, 0.05) is 13.1 Å². The summed E-state index contributed by atoms with van der Waals surface area (Å²) in [4.78, 5) is 14.3. The summed E-state index contributed by atoms with van der Waals surface area (Å²) in [5.74, 6) is 0.137. The first-order chi connectivity index (χ1) is 14.3. The summed E-state index contributed by atoms with van der Waals surface area (Å²) in [6, 6.07) is 11.7. The summed E-state index contributed by atoms with van der Waals surface area (Å²) in [6.45, 7) is 3.97. The highest BCUT2D eigenvalue weighted by Gasteiger charge is 2.31. The summed E-state index contributed by atoms with van der Waals surface area (Å²) in [5.41, 5.74) is 0.804. The fourth-order valence-corrected chi connectivity index (χ4v) is 3.75. The molecule has 0 aliphatic carbocycles. The second-order valence-electron chi connectivity index (χ2n) is 7.98. The van der Waals surface area contributed by atoms with Crippen LogP contribution in [0.1, 0.15) is 30.4 Å². The number of aryl methyl sites for hydroxylation is 1. The maximum Gasteiger partial charge on any atom is 0.234 e. The minimum Gasteiger partial charge on any atom is -0.489 e. The molecule has 7 heteroatoms. The number of benzene rings is 2. The van der Waals surface area contributed by atoms with Crippen molar-refractivity contribution in [2.24, 2.45) is 0 Å². The Bertz CT molecular complexity index is 879. The van der Waals surface area contributed by atoms with Crippen LogP contribution >= 0.6 is 11.6 Å². The number of hydrogen-bond donors (Lipinski definition) is 2. The highest BCUT2D eigenvalue weighted by molar-refractivity contribution is 6.32. The summed E-state index contributed by atoms with van der Waals surface area (Å²) < 4.78 is 19.1. The Morgan fingerprint density at radius 3 is 2.90 bits per heavy atom. The van der Waals surface area contributed by atoms with Gasteiger partial charge < -0.3 is 15.2 Å². The van der Waals surface area contributed by atoms with Crippen LogP contribution in [-0.4, -0.2) is 47.8 Å². The second kappa shape index (κ2) is 10.2. The molecule has 1 aliphatic rings. The van der Waals surface area contributed by atoms with Gasteiger partial charge in [-0.25, -0.2) is 4.39 Å². The van der Waals surface area contributed by atoms with E-state index < -0.39 is 5.60 Å². The Balaban J connectivity index is 1.46. The number of carbonyl (C=O) groups is 1. The van der Waals surface area contributed by atoms with Gasteiger partial charge in [0.05, 0.1) is 17.2 Å². The molecule has 0 aromatic heterocycles. The van der Waals surface area contributed by atoms with Crippen LogP contribution in [0.2, 0.25) is 5.02 Å². The fraction of sp³-hybridized carbons (Fsp3) is 0.435. The lowest BCUT2D eigenvalue weighted by atomic mass is 9.96. The molecule has 1 heterocycles. The number of aliphatic hydroxyl groups is 1. The number of nitrogens with one attached hydrogen (secondary N) is 1. The van der Waals surface area contributed by atoms with Crippen LogP contribution in [-0.2, 0) is 11.3 Å². The molecule has 0 saturated carbocycles. The van der Waals surface area contributed by atoms with Crippen LogP contribution < -0.4 is 10.1 Å². The van der Waals surface area contributed by atoms with Gasteiger partial charge in [-0.2, -0.15) is 0 Å². The van der Waals surface area contributed by atoms with Gasteiger partial charge in [0.15, 0.2) is 0 Å². The number of ether oxygens (including phenoxy) is 1. The predicted octanol–water partition coefficient (Wildman–Crippen LogP) is 3.70. The molecule has 2 aromatic rings. The quantitative estimate of drug-likeness (QED) is 0.697. The minimum absolute atomic E-state index is 0.118. The van der Waals surface area contributed by atoms with E-state index in [1.807, 2.05) is 24.0 Å². The van der Waals surface area contributed by atoms with E-state index in [9.17, 15) is 14.3 Å². The maximum atomic E-state index is 13.2.